The molecule has 0 saturated heterocycles. The zero-order chi connectivity index (χ0) is 10.3. The summed E-state index contributed by atoms with van der Waals surface area (Å²) in [6.45, 7) is 13.6. The summed E-state index contributed by atoms with van der Waals surface area (Å²) in [5.74, 6) is 0. The SMILES string of the molecule is C=CC(C=C)=CC(/C=C\C)=C(C)C. The average molecular weight is 174 g/mol. The highest BCUT2D eigenvalue weighted by atomic mass is 14.0. The largest absolute Gasteiger partial charge is 0.0985 e. The van der Waals surface area contributed by atoms with Gasteiger partial charge in [0.25, 0.3) is 0 Å². The second kappa shape index (κ2) is 6.24. The molecule has 0 aliphatic carbocycles. The van der Waals surface area contributed by atoms with Gasteiger partial charge in [-0.1, -0.05) is 43.0 Å². The van der Waals surface area contributed by atoms with E-state index in [2.05, 4.69) is 39.2 Å². The van der Waals surface area contributed by atoms with Gasteiger partial charge in [0.15, 0.2) is 0 Å². The van der Waals surface area contributed by atoms with E-state index in [9.17, 15) is 0 Å². The Labute approximate surface area is 81.7 Å². The Morgan fingerprint density at radius 3 is 1.92 bits per heavy atom. The van der Waals surface area contributed by atoms with E-state index >= 15 is 0 Å². The van der Waals surface area contributed by atoms with Crippen LogP contribution in [0.3, 0.4) is 0 Å². The Kier molecular flexibility index (Phi) is 5.62. The summed E-state index contributed by atoms with van der Waals surface area (Å²) in [6.07, 6.45) is 9.80. The topological polar surface area (TPSA) is 0 Å². The van der Waals surface area contributed by atoms with Gasteiger partial charge in [-0.05, 0) is 38.0 Å². The second-order valence-electron chi connectivity index (χ2n) is 3.01. The van der Waals surface area contributed by atoms with Crippen molar-refractivity contribution in [2.45, 2.75) is 20.8 Å². The van der Waals surface area contributed by atoms with E-state index in [0.29, 0.717) is 0 Å². The third kappa shape index (κ3) is 4.32. The molecule has 0 heteroatoms. The standard InChI is InChI=1S/C13H18/c1-6-9-13(11(4)5)10-12(7-2)8-3/h6-10H,2-3H2,1,4-5H3/b9-6-. The lowest BCUT2D eigenvalue weighted by Gasteiger charge is -1.99. The first-order chi connectivity index (χ1) is 6.15. The molecule has 0 aromatic carbocycles. The molecular weight excluding hydrogens is 156 g/mol. The van der Waals surface area contributed by atoms with Crippen LogP contribution in [0.4, 0.5) is 0 Å². The predicted octanol–water partition coefficient (Wildman–Crippen LogP) is 4.20. The van der Waals surface area contributed by atoms with E-state index in [1.807, 2.05) is 13.0 Å². The summed E-state index contributed by atoms with van der Waals surface area (Å²) >= 11 is 0. The Hall–Kier alpha value is -1.30. The van der Waals surface area contributed by atoms with Crippen molar-refractivity contribution < 1.29 is 0 Å². The molecule has 0 amide bonds. The molecule has 0 aromatic rings. The minimum Gasteiger partial charge on any atom is -0.0985 e. The first kappa shape index (κ1) is 11.7. The van der Waals surface area contributed by atoms with Gasteiger partial charge >= 0.3 is 0 Å². The monoisotopic (exact) mass is 174 g/mol. The minimum atomic E-state index is 1.05. The predicted molar refractivity (Wildman–Crippen MR) is 61.7 cm³/mol. The molecule has 0 fully saturated rings. The molecule has 0 atom stereocenters. The van der Waals surface area contributed by atoms with Gasteiger partial charge in [0.05, 0.1) is 0 Å². The van der Waals surface area contributed by atoms with Gasteiger partial charge < -0.3 is 0 Å². The highest BCUT2D eigenvalue weighted by molar-refractivity contribution is 5.42. The van der Waals surface area contributed by atoms with E-state index in [0.717, 1.165) is 5.57 Å². The Bertz CT molecular complexity index is 258. The molecule has 0 nitrogen and oxygen atoms in total. The fraction of sp³-hybridized carbons (Fsp3) is 0.231. The number of allylic oxidation sites excluding steroid dienone is 8. The van der Waals surface area contributed by atoms with Crippen LogP contribution >= 0.6 is 0 Å². The summed E-state index contributed by atoms with van der Waals surface area (Å²) in [6, 6.07) is 0. The van der Waals surface area contributed by atoms with Crippen molar-refractivity contribution in [3.63, 3.8) is 0 Å². The minimum absolute atomic E-state index is 1.05. The van der Waals surface area contributed by atoms with Gasteiger partial charge in [0.2, 0.25) is 0 Å². The van der Waals surface area contributed by atoms with Gasteiger partial charge in [-0.25, -0.2) is 0 Å². The first-order valence-corrected chi connectivity index (χ1v) is 4.42. The fourth-order valence-corrected chi connectivity index (χ4v) is 0.919. The van der Waals surface area contributed by atoms with Crippen LogP contribution in [0.15, 0.2) is 60.3 Å². The lowest BCUT2D eigenvalue weighted by atomic mass is 10.1. The Balaban J connectivity index is 5.00. The molecular formula is C13H18. The molecule has 70 valence electrons. The van der Waals surface area contributed by atoms with Gasteiger partial charge in [0, 0.05) is 0 Å². The maximum Gasteiger partial charge on any atom is -0.0263 e. The molecule has 0 spiro atoms. The molecule has 0 radical (unpaired) electrons. The van der Waals surface area contributed by atoms with Crippen molar-refractivity contribution in [1.29, 1.82) is 0 Å². The van der Waals surface area contributed by atoms with Crippen LogP contribution in [0.5, 0.6) is 0 Å². The summed E-state index contributed by atoms with van der Waals surface area (Å²) in [4.78, 5) is 0. The van der Waals surface area contributed by atoms with Crippen molar-refractivity contribution in [2.75, 3.05) is 0 Å². The molecule has 0 N–H and O–H groups in total. The van der Waals surface area contributed by atoms with E-state index < -0.39 is 0 Å². The van der Waals surface area contributed by atoms with E-state index in [-0.39, 0.29) is 0 Å². The number of hydrogen-bond donors (Lipinski definition) is 0. The highest BCUT2D eigenvalue weighted by Gasteiger charge is 1.91. The van der Waals surface area contributed by atoms with Crippen molar-refractivity contribution in [1.82, 2.24) is 0 Å². The van der Waals surface area contributed by atoms with Crippen LogP contribution in [0, 0.1) is 0 Å². The van der Waals surface area contributed by atoms with Crippen LogP contribution in [0.25, 0.3) is 0 Å². The Morgan fingerprint density at radius 2 is 1.62 bits per heavy atom. The van der Waals surface area contributed by atoms with Crippen molar-refractivity contribution in [2.24, 2.45) is 0 Å². The highest BCUT2D eigenvalue weighted by Crippen LogP contribution is 2.11. The summed E-state index contributed by atoms with van der Waals surface area (Å²) in [5, 5.41) is 0. The molecule has 13 heavy (non-hydrogen) atoms. The van der Waals surface area contributed by atoms with Crippen LogP contribution in [-0.4, -0.2) is 0 Å². The van der Waals surface area contributed by atoms with E-state index in [1.165, 1.54) is 11.1 Å². The van der Waals surface area contributed by atoms with Crippen LogP contribution in [0.2, 0.25) is 0 Å². The third-order valence-corrected chi connectivity index (χ3v) is 1.72. The van der Waals surface area contributed by atoms with Gasteiger partial charge in [0.1, 0.15) is 0 Å². The molecule has 0 bridgehead atoms. The lowest BCUT2D eigenvalue weighted by molar-refractivity contribution is 1.33. The van der Waals surface area contributed by atoms with Crippen molar-refractivity contribution in [3.05, 3.63) is 60.3 Å². The molecule has 0 unspecified atom stereocenters. The second-order valence-corrected chi connectivity index (χ2v) is 3.01. The fourth-order valence-electron chi connectivity index (χ4n) is 0.919. The number of hydrogen-bond acceptors (Lipinski definition) is 0. The quantitative estimate of drug-likeness (QED) is 0.560. The molecule has 0 saturated carbocycles. The molecule has 0 aromatic heterocycles. The normalized spacial score (nSPS) is 9.46. The van der Waals surface area contributed by atoms with E-state index in [4.69, 9.17) is 0 Å². The summed E-state index contributed by atoms with van der Waals surface area (Å²) < 4.78 is 0. The van der Waals surface area contributed by atoms with Gasteiger partial charge in [-0.2, -0.15) is 0 Å². The van der Waals surface area contributed by atoms with Crippen LogP contribution < -0.4 is 0 Å². The zero-order valence-electron chi connectivity index (χ0n) is 8.80. The lowest BCUT2D eigenvalue weighted by Crippen LogP contribution is -1.79. The molecule has 0 heterocycles. The molecule has 0 aliphatic heterocycles. The summed E-state index contributed by atoms with van der Waals surface area (Å²) in [5.41, 5.74) is 3.56. The van der Waals surface area contributed by atoms with Gasteiger partial charge in [-0.3, -0.25) is 0 Å². The maximum absolute atomic E-state index is 3.72. The summed E-state index contributed by atoms with van der Waals surface area (Å²) in [7, 11) is 0. The molecule has 0 rings (SSSR count). The third-order valence-electron chi connectivity index (χ3n) is 1.72. The smallest absolute Gasteiger partial charge is 0.0263 e. The Morgan fingerprint density at radius 1 is 1.08 bits per heavy atom. The maximum atomic E-state index is 3.72. The average Bonchev–Trinajstić information content (AvgIpc) is 2.11. The van der Waals surface area contributed by atoms with Crippen molar-refractivity contribution >= 4 is 0 Å². The first-order valence-electron chi connectivity index (χ1n) is 4.42. The zero-order valence-corrected chi connectivity index (χ0v) is 8.80. The van der Waals surface area contributed by atoms with Crippen LogP contribution in [-0.2, 0) is 0 Å². The number of rotatable bonds is 4. The van der Waals surface area contributed by atoms with Gasteiger partial charge in [-0.15, -0.1) is 0 Å². The van der Waals surface area contributed by atoms with Crippen LogP contribution in [0.1, 0.15) is 20.8 Å². The van der Waals surface area contributed by atoms with Crippen molar-refractivity contribution in [3.8, 4) is 0 Å². The van der Waals surface area contributed by atoms with E-state index in [1.54, 1.807) is 12.2 Å². The molecule has 0 aliphatic rings.